The third-order valence-corrected chi connectivity index (χ3v) is 4.85. The van der Waals surface area contributed by atoms with Crippen LogP contribution in [0.2, 0.25) is 0 Å². The maximum atomic E-state index is 11.0. The molecular formula is C12H18Na2O18S2. The van der Waals surface area contributed by atoms with E-state index in [0.717, 1.165) is 0 Å². The standard InChI is InChI=1S/2C6H10O9S.2Na/c2*7-4(8)1-3(16(12,13)14)6(11)15-2-5(9)10;;/h2*3,5,9-10H,1-2H2,(H,7,8)(H,12,13,14);;/q;;2*+1/p-2. The number of ether oxygens (including phenoxy) is 2. The first kappa shape index (κ1) is 40.7. The first-order valence-electron chi connectivity index (χ1n) is 7.66. The number of hydrogen-bond acceptors (Lipinski definition) is 16. The maximum absolute atomic E-state index is 11.0. The maximum Gasteiger partial charge on any atom is 1.00 e. The fourth-order valence-electron chi connectivity index (χ4n) is 1.42. The SMILES string of the molecule is O=C([O-])CC(C(=O)OCC(O)O)S(=O)(=O)O.O=C([O-])CC(C(=O)OCC(O)O)S(=O)(=O)O.[Na+].[Na+]. The first-order valence-corrected chi connectivity index (χ1v) is 10.7. The molecule has 0 saturated heterocycles. The molecule has 0 aliphatic carbocycles. The van der Waals surface area contributed by atoms with E-state index in [9.17, 15) is 46.2 Å². The Morgan fingerprint density at radius 1 is 0.647 bits per heavy atom. The zero-order chi connectivity index (χ0) is 25.9. The molecule has 0 aliphatic rings. The molecule has 22 heteroatoms. The topological polar surface area (TPSA) is 323 Å². The predicted molar refractivity (Wildman–Crippen MR) is 88.3 cm³/mol. The molecule has 18 nitrogen and oxygen atoms in total. The molecule has 0 heterocycles. The predicted octanol–water partition coefficient (Wildman–Crippen LogP) is -13.5. The van der Waals surface area contributed by atoms with Crippen LogP contribution < -0.4 is 69.3 Å². The summed E-state index contributed by atoms with van der Waals surface area (Å²) in [6.07, 6.45) is -6.65. The zero-order valence-corrected chi connectivity index (χ0v) is 23.2. The van der Waals surface area contributed by atoms with Crippen LogP contribution in [0.3, 0.4) is 0 Å². The monoisotopic (exact) mass is 560 g/mol. The van der Waals surface area contributed by atoms with Crippen LogP contribution >= 0.6 is 0 Å². The molecule has 0 amide bonds. The molecule has 0 aromatic heterocycles. The second-order valence-corrected chi connectivity index (χ2v) is 8.58. The van der Waals surface area contributed by atoms with Crippen molar-refractivity contribution in [2.75, 3.05) is 13.2 Å². The second kappa shape index (κ2) is 18.8. The second-order valence-electron chi connectivity index (χ2n) is 5.38. The van der Waals surface area contributed by atoms with Crippen molar-refractivity contribution in [2.24, 2.45) is 0 Å². The number of hydrogen-bond donors (Lipinski definition) is 6. The molecule has 0 aromatic rings. The average Bonchev–Trinajstić information content (AvgIpc) is 2.58. The van der Waals surface area contributed by atoms with Gasteiger partial charge in [-0.3, -0.25) is 18.7 Å². The number of aliphatic carboxylic acids is 2. The third-order valence-electron chi connectivity index (χ3n) is 2.70. The summed E-state index contributed by atoms with van der Waals surface area (Å²) < 4.78 is 67.4. The number of aliphatic hydroxyl groups is 4. The van der Waals surface area contributed by atoms with Gasteiger partial charge < -0.3 is 49.7 Å². The van der Waals surface area contributed by atoms with Crippen LogP contribution in [0.1, 0.15) is 12.8 Å². The number of carbonyl (C=O) groups is 4. The van der Waals surface area contributed by atoms with Gasteiger partial charge in [0, 0.05) is 24.8 Å². The van der Waals surface area contributed by atoms with Gasteiger partial charge in [0.05, 0.1) is 0 Å². The van der Waals surface area contributed by atoms with Crippen LogP contribution in [-0.2, 0) is 48.9 Å². The molecule has 2 unspecified atom stereocenters. The Kier molecular flexibility index (Phi) is 22.5. The van der Waals surface area contributed by atoms with E-state index in [1.165, 1.54) is 0 Å². The van der Waals surface area contributed by atoms with Crippen molar-refractivity contribution in [3.8, 4) is 0 Å². The van der Waals surface area contributed by atoms with Crippen LogP contribution in [0.25, 0.3) is 0 Å². The third kappa shape index (κ3) is 20.9. The molecule has 34 heavy (non-hydrogen) atoms. The van der Waals surface area contributed by atoms with Crippen molar-refractivity contribution >= 4 is 44.1 Å². The molecule has 0 aromatic carbocycles. The summed E-state index contributed by atoms with van der Waals surface area (Å²) in [7, 11) is -9.93. The van der Waals surface area contributed by atoms with E-state index >= 15 is 0 Å². The summed E-state index contributed by atoms with van der Waals surface area (Å²) in [4.78, 5) is 42.1. The van der Waals surface area contributed by atoms with E-state index in [1.807, 2.05) is 0 Å². The van der Waals surface area contributed by atoms with Crippen LogP contribution in [0.15, 0.2) is 0 Å². The molecule has 0 saturated carbocycles. The van der Waals surface area contributed by atoms with Gasteiger partial charge >= 0.3 is 71.1 Å². The molecule has 0 spiro atoms. The Labute approximate surface area is 235 Å². The van der Waals surface area contributed by atoms with E-state index in [2.05, 4.69) is 9.47 Å². The number of aliphatic hydroxyl groups excluding tert-OH is 2. The summed E-state index contributed by atoms with van der Waals surface area (Å²) >= 11 is 0. The fourth-order valence-corrected chi connectivity index (χ4v) is 2.74. The van der Waals surface area contributed by atoms with Crippen LogP contribution in [-0.4, -0.2) is 107 Å². The van der Waals surface area contributed by atoms with E-state index in [1.54, 1.807) is 0 Å². The molecule has 0 fully saturated rings. The van der Waals surface area contributed by atoms with Gasteiger partial charge in [0.1, 0.15) is 13.2 Å². The molecule has 2 atom stereocenters. The molecule has 0 rings (SSSR count). The number of carboxylic acid groups (broad SMARTS) is 2. The Morgan fingerprint density at radius 3 is 1.03 bits per heavy atom. The van der Waals surface area contributed by atoms with E-state index in [-0.39, 0.29) is 59.1 Å². The Hall–Kier alpha value is -0.460. The number of esters is 2. The van der Waals surface area contributed by atoms with Crippen molar-refractivity contribution in [3.05, 3.63) is 0 Å². The molecule has 6 N–H and O–H groups in total. The van der Waals surface area contributed by atoms with Gasteiger partial charge in [-0.05, 0) is 0 Å². The molecular weight excluding hydrogens is 542 g/mol. The minimum absolute atomic E-state index is 0. The van der Waals surface area contributed by atoms with Gasteiger partial charge in [-0.2, -0.15) is 16.8 Å². The summed E-state index contributed by atoms with van der Waals surface area (Å²) in [6, 6.07) is 0. The number of carbonyl (C=O) groups excluding carboxylic acids is 4. The van der Waals surface area contributed by atoms with Gasteiger partial charge in [0.2, 0.25) is 0 Å². The largest absolute Gasteiger partial charge is 1.00 e. The Morgan fingerprint density at radius 2 is 0.882 bits per heavy atom. The Bertz CT molecular complexity index is 795. The number of rotatable bonds is 12. The van der Waals surface area contributed by atoms with Crippen molar-refractivity contribution in [1.29, 1.82) is 0 Å². The van der Waals surface area contributed by atoms with Crippen molar-refractivity contribution in [2.45, 2.75) is 35.9 Å². The van der Waals surface area contributed by atoms with Crippen molar-refractivity contribution < 1.29 is 144 Å². The quantitative estimate of drug-likeness (QED) is 0.0558. The van der Waals surface area contributed by atoms with Crippen molar-refractivity contribution in [1.82, 2.24) is 0 Å². The van der Waals surface area contributed by atoms with Crippen LogP contribution in [0.5, 0.6) is 0 Å². The minimum atomic E-state index is -4.97. The minimum Gasteiger partial charge on any atom is -0.550 e. The molecule has 0 aliphatic heterocycles. The normalized spacial score (nSPS) is 12.7. The zero-order valence-electron chi connectivity index (χ0n) is 17.5. The van der Waals surface area contributed by atoms with Gasteiger partial charge in [0.15, 0.2) is 23.1 Å². The van der Waals surface area contributed by atoms with Gasteiger partial charge in [-0.25, -0.2) is 0 Å². The molecule has 0 radical (unpaired) electrons. The molecule has 0 bridgehead atoms. The average molecular weight is 560 g/mol. The molecule has 188 valence electrons. The Balaban J connectivity index is -0.000000250. The fraction of sp³-hybridized carbons (Fsp3) is 0.667. The van der Waals surface area contributed by atoms with Crippen molar-refractivity contribution in [3.63, 3.8) is 0 Å². The van der Waals surface area contributed by atoms with Crippen LogP contribution in [0.4, 0.5) is 0 Å². The van der Waals surface area contributed by atoms with Gasteiger partial charge in [-0.1, -0.05) is 0 Å². The summed E-state index contributed by atoms with van der Waals surface area (Å²) in [5.41, 5.74) is 0. The smallest absolute Gasteiger partial charge is 0.550 e. The van der Waals surface area contributed by atoms with Gasteiger partial charge in [-0.15, -0.1) is 0 Å². The van der Waals surface area contributed by atoms with E-state index in [0.29, 0.717) is 0 Å². The summed E-state index contributed by atoms with van der Waals surface area (Å²) in [5.74, 6) is -6.99. The summed E-state index contributed by atoms with van der Waals surface area (Å²) in [6.45, 7) is -1.89. The first-order chi connectivity index (χ1) is 14.3. The van der Waals surface area contributed by atoms with E-state index < -0.39 is 93.2 Å². The van der Waals surface area contributed by atoms with E-state index in [4.69, 9.17) is 29.5 Å². The van der Waals surface area contributed by atoms with Gasteiger partial charge in [0.25, 0.3) is 20.2 Å². The summed E-state index contributed by atoms with van der Waals surface area (Å²) in [5, 5.41) is 48.7. The van der Waals surface area contributed by atoms with Crippen LogP contribution in [0, 0.1) is 0 Å². The number of carboxylic acids is 2.